The van der Waals surface area contributed by atoms with Crippen molar-refractivity contribution in [2.75, 3.05) is 13.2 Å². The first-order valence-corrected chi connectivity index (χ1v) is 3.74. The highest BCUT2D eigenvalue weighted by Gasteiger charge is 2.22. The monoisotopic (exact) mass is 187 g/mol. The van der Waals surface area contributed by atoms with Gasteiger partial charge in [0.1, 0.15) is 18.4 Å². The zero-order valence-electron chi connectivity index (χ0n) is 15.8. The van der Waals surface area contributed by atoms with Gasteiger partial charge in [-0.1, -0.05) is 6.07 Å². The van der Waals surface area contributed by atoms with Crippen LogP contribution in [-0.2, 0) is 4.74 Å². The molecule has 0 radical (unpaired) electrons. The molecule has 0 spiro atoms. The first kappa shape index (κ1) is 2.99. The zero-order chi connectivity index (χ0) is 17.0. The Kier molecular flexibility index (Phi) is 0.778. The largest absolute Gasteiger partial charge is 0.491 e. The van der Waals surface area contributed by atoms with Gasteiger partial charge in [0.25, 0.3) is 0 Å². The molecule has 1 unspecified atom stereocenters. The molecule has 70 valence electrons. The average molecular weight is 187 g/mol. The van der Waals surface area contributed by atoms with E-state index < -0.39 is 26.3 Å². The highest BCUT2D eigenvalue weighted by molar-refractivity contribution is 5.33. The standard InChI is InChI=1S/C11H14O2/c1-8-3-9(2)5-10(4-8)12-6-11-7-13-11/h3-5,11H,6-7H2,1-2H3/i1D3,2D3,6D2,11D. The minimum atomic E-state index is -2.57. The summed E-state index contributed by atoms with van der Waals surface area (Å²) in [5.74, 6) is -0.271. The molecule has 1 aromatic carbocycles. The van der Waals surface area contributed by atoms with Crippen LogP contribution in [0.15, 0.2) is 18.2 Å². The predicted molar refractivity (Wildman–Crippen MR) is 51.2 cm³/mol. The molecule has 0 aliphatic carbocycles. The van der Waals surface area contributed by atoms with Crippen molar-refractivity contribution in [1.82, 2.24) is 0 Å². The molecule has 2 rings (SSSR count). The number of rotatable bonds is 3. The molecule has 1 fully saturated rings. The molecule has 0 saturated carbocycles. The number of epoxide rings is 1. The van der Waals surface area contributed by atoms with Crippen LogP contribution in [0.2, 0.25) is 0 Å². The maximum Gasteiger partial charge on any atom is 0.119 e. The number of ether oxygens (including phenoxy) is 2. The molecule has 0 N–H and O–H groups in total. The summed E-state index contributed by atoms with van der Waals surface area (Å²) in [7, 11) is 0. The third kappa shape index (κ3) is 2.46. The fraction of sp³-hybridized carbons (Fsp3) is 0.455. The van der Waals surface area contributed by atoms with Gasteiger partial charge in [-0.25, -0.2) is 0 Å². The van der Waals surface area contributed by atoms with Gasteiger partial charge >= 0.3 is 0 Å². The summed E-state index contributed by atoms with van der Waals surface area (Å²) in [4.78, 5) is 0. The van der Waals surface area contributed by atoms with Crippen LogP contribution < -0.4 is 4.74 Å². The Hall–Kier alpha value is -1.02. The lowest BCUT2D eigenvalue weighted by Crippen LogP contribution is -2.04. The molecule has 2 nitrogen and oxygen atoms in total. The maximum atomic E-state index is 7.68. The summed E-state index contributed by atoms with van der Waals surface area (Å²) in [6.07, 6.45) is -1.87. The van der Waals surface area contributed by atoms with Gasteiger partial charge in [0.05, 0.1) is 10.7 Å². The maximum absolute atomic E-state index is 7.68. The number of benzene rings is 1. The molecule has 1 aliphatic heterocycles. The number of aryl methyl sites for hydroxylation is 2. The normalized spacial score (nSPS) is 38.9. The average Bonchev–Trinajstić information content (AvgIpc) is 3.06. The van der Waals surface area contributed by atoms with Crippen molar-refractivity contribution in [3.8, 4) is 5.75 Å². The van der Waals surface area contributed by atoms with Gasteiger partial charge in [-0.2, -0.15) is 0 Å². The van der Waals surface area contributed by atoms with E-state index in [1.54, 1.807) is 0 Å². The summed E-state index contributed by atoms with van der Waals surface area (Å²) in [5, 5.41) is 0. The van der Waals surface area contributed by atoms with Crippen LogP contribution in [0.25, 0.3) is 0 Å². The zero-order valence-corrected chi connectivity index (χ0v) is 6.76. The molecule has 1 saturated heterocycles. The van der Waals surface area contributed by atoms with Gasteiger partial charge < -0.3 is 9.47 Å². The van der Waals surface area contributed by atoms with E-state index in [2.05, 4.69) is 4.74 Å². The van der Waals surface area contributed by atoms with E-state index in [1.807, 2.05) is 0 Å². The quantitative estimate of drug-likeness (QED) is 0.676. The second-order valence-electron chi connectivity index (χ2n) is 2.66. The molecule has 1 heterocycles. The van der Waals surface area contributed by atoms with Crippen LogP contribution in [0.1, 0.15) is 23.5 Å². The Balaban J connectivity index is 2.43. The van der Waals surface area contributed by atoms with Crippen molar-refractivity contribution in [2.24, 2.45) is 0 Å². The third-order valence-corrected chi connectivity index (χ3v) is 1.48. The summed E-state index contributed by atoms with van der Waals surface area (Å²) in [6.45, 7) is -7.83. The minimum absolute atomic E-state index is 0.162. The number of hydrogen-bond donors (Lipinski definition) is 0. The second kappa shape index (κ2) is 3.38. The molecule has 2 heteroatoms. The van der Waals surface area contributed by atoms with Crippen molar-refractivity contribution in [1.29, 1.82) is 0 Å². The van der Waals surface area contributed by atoms with E-state index in [-0.39, 0.29) is 23.5 Å². The third-order valence-electron chi connectivity index (χ3n) is 1.48. The first-order valence-electron chi connectivity index (χ1n) is 8.24. The molecule has 13 heavy (non-hydrogen) atoms. The summed E-state index contributed by atoms with van der Waals surface area (Å²) < 4.78 is 76.9. The number of hydrogen-bond acceptors (Lipinski definition) is 2. The lowest BCUT2D eigenvalue weighted by molar-refractivity contribution is 0.263. The molecule has 0 amide bonds. The lowest BCUT2D eigenvalue weighted by Gasteiger charge is -2.06. The summed E-state index contributed by atoms with van der Waals surface area (Å²) >= 11 is 0. The van der Waals surface area contributed by atoms with Crippen LogP contribution in [-0.4, -0.2) is 19.2 Å². The van der Waals surface area contributed by atoms with E-state index in [0.717, 1.165) is 18.2 Å². The van der Waals surface area contributed by atoms with E-state index in [1.165, 1.54) is 0 Å². The van der Waals surface area contributed by atoms with Gasteiger partial charge in [0.2, 0.25) is 0 Å². The molecule has 1 aromatic rings. The molecular formula is C11H14O2. The molecule has 1 atom stereocenters. The summed E-state index contributed by atoms with van der Waals surface area (Å²) in [5.41, 5.74) is -0.551. The topological polar surface area (TPSA) is 21.8 Å². The van der Waals surface area contributed by atoms with Gasteiger partial charge in [0, 0.05) is 8.22 Å². The molecule has 0 bridgehead atoms. The van der Waals surface area contributed by atoms with Crippen LogP contribution >= 0.6 is 0 Å². The van der Waals surface area contributed by atoms with E-state index in [0.29, 0.717) is 0 Å². The van der Waals surface area contributed by atoms with Crippen molar-refractivity contribution in [3.05, 3.63) is 29.3 Å². The summed E-state index contributed by atoms with van der Waals surface area (Å²) in [6, 6.07) is 3.12. The smallest absolute Gasteiger partial charge is 0.119 e. The van der Waals surface area contributed by atoms with E-state index >= 15 is 0 Å². The predicted octanol–water partition coefficient (Wildman–Crippen LogP) is 2.08. The van der Waals surface area contributed by atoms with Crippen molar-refractivity contribution < 1.29 is 21.8 Å². The van der Waals surface area contributed by atoms with Crippen molar-refractivity contribution >= 4 is 0 Å². The SMILES string of the molecule is [2H]C([2H])([2H])c1cc(OC([2H])([2H])C2([2H])CO2)cc(C([2H])([2H])[2H])c1. The van der Waals surface area contributed by atoms with Crippen LogP contribution in [0.4, 0.5) is 0 Å². The van der Waals surface area contributed by atoms with Gasteiger partial charge in [-0.05, 0) is 37.0 Å². The molecule has 1 aliphatic rings. The van der Waals surface area contributed by atoms with E-state index in [4.69, 9.17) is 17.1 Å². The van der Waals surface area contributed by atoms with Gasteiger partial charge in [0.15, 0.2) is 0 Å². The van der Waals surface area contributed by atoms with Gasteiger partial charge in [-0.3, -0.25) is 0 Å². The Labute approximate surface area is 91.1 Å². The fourth-order valence-electron chi connectivity index (χ4n) is 0.869. The Morgan fingerprint density at radius 2 is 2.31 bits per heavy atom. The van der Waals surface area contributed by atoms with Crippen LogP contribution in [0.5, 0.6) is 5.75 Å². The second-order valence-corrected chi connectivity index (χ2v) is 2.66. The Morgan fingerprint density at radius 1 is 1.62 bits per heavy atom. The fourth-order valence-corrected chi connectivity index (χ4v) is 0.869. The van der Waals surface area contributed by atoms with Crippen LogP contribution in [0.3, 0.4) is 0 Å². The molecule has 0 aromatic heterocycles. The Bertz CT molecular complexity index is 540. The highest BCUT2D eigenvalue weighted by atomic mass is 16.6. The van der Waals surface area contributed by atoms with Crippen molar-refractivity contribution in [3.63, 3.8) is 0 Å². The first-order chi connectivity index (χ1) is 9.75. The highest BCUT2D eigenvalue weighted by Crippen LogP contribution is 2.18. The lowest BCUT2D eigenvalue weighted by atomic mass is 10.1. The van der Waals surface area contributed by atoms with Crippen LogP contribution in [0, 0.1) is 13.7 Å². The Morgan fingerprint density at radius 3 is 2.85 bits per heavy atom. The van der Waals surface area contributed by atoms with Crippen molar-refractivity contribution in [2.45, 2.75) is 19.8 Å². The molecular weight excluding hydrogens is 164 g/mol. The minimum Gasteiger partial charge on any atom is -0.491 e. The van der Waals surface area contributed by atoms with E-state index in [9.17, 15) is 0 Å². The van der Waals surface area contributed by atoms with Gasteiger partial charge in [-0.15, -0.1) is 0 Å².